The molecule has 1 heterocycles. The molecule has 0 aliphatic rings. The minimum Gasteiger partial charge on any atom is -0.444 e. The Kier molecular flexibility index (Phi) is 6.88. The van der Waals surface area contributed by atoms with Crippen molar-refractivity contribution in [3.05, 3.63) is 34.7 Å². The maximum atomic E-state index is 12.5. The third-order valence-electron chi connectivity index (χ3n) is 4.16. The number of fused-ring (bicyclic) bond motifs is 1. The van der Waals surface area contributed by atoms with E-state index >= 15 is 0 Å². The van der Waals surface area contributed by atoms with Crippen molar-refractivity contribution in [2.24, 2.45) is 5.92 Å². The minimum atomic E-state index is -0.689. The second kappa shape index (κ2) is 8.95. The Morgan fingerprint density at radius 3 is 2.54 bits per heavy atom. The summed E-state index contributed by atoms with van der Waals surface area (Å²) in [6, 6.07) is 6.79. The van der Waals surface area contributed by atoms with Crippen LogP contribution < -0.4 is 16.3 Å². The average Bonchev–Trinajstić information content (AvgIpc) is 2.90. The van der Waals surface area contributed by atoms with E-state index in [1.807, 2.05) is 38.1 Å². The lowest BCUT2D eigenvalue weighted by Gasteiger charge is -2.25. The molecule has 0 radical (unpaired) electrons. The molecule has 154 valence electrons. The number of imidazole rings is 1. The van der Waals surface area contributed by atoms with Crippen molar-refractivity contribution >= 4 is 23.0 Å². The van der Waals surface area contributed by atoms with Gasteiger partial charge < -0.3 is 20.4 Å². The second-order valence-corrected chi connectivity index (χ2v) is 8.11. The number of nitrogens with zero attached hydrogens (tertiary/aromatic N) is 1. The van der Waals surface area contributed by atoms with Crippen LogP contribution in [-0.2, 0) is 16.1 Å². The zero-order chi connectivity index (χ0) is 20.9. The lowest BCUT2D eigenvalue weighted by atomic mass is 10.0. The van der Waals surface area contributed by atoms with Crippen LogP contribution in [0.15, 0.2) is 29.1 Å². The summed E-state index contributed by atoms with van der Waals surface area (Å²) in [6.45, 7) is 9.89. The highest BCUT2D eigenvalue weighted by Gasteiger charge is 2.26. The molecule has 0 fully saturated rings. The summed E-state index contributed by atoms with van der Waals surface area (Å²) in [5.74, 6) is -0.365. The van der Waals surface area contributed by atoms with Crippen LogP contribution in [0.4, 0.5) is 4.79 Å². The molecule has 8 heteroatoms. The Labute approximate surface area is 164 Å². The molecule has 0 spiro atoms. The van der Waals surface area contributed by atoms with E-state index in [9.17, 15) is 14.4 Å². The highest BCUT2D eigenvalue weighted by atomic mass is 16.6. The Morgan fingerprint density at radius 2 is 1.89 bits per heavy atom. The SMILES string of the molecule is CC(C)C(NC(=O)OC(C)(C)C)C(=O)NCCCn1c(=O)[nH]c2ccccc21. The lowest BCUT2D eigenvalue weighted by Crippen LogP contribution is -2.51. The Balaban J connectivity index is 1.88. The smallest absolute Gasteiger partial charge is 0.408 e. The Morgan fingerprint density at radius 1 is 1.21 bits per heavy atom. The predicted octanol–water partition coefficient (Wildman–Crippen LogP) is 2.39. The van der Waals surface area contributed by atoms with Crippen LogP contribution >= 0.6 is 0 Å². The summed E-state index contributed by atoms with van der Waals surface area (Å²) >= 11 is 0. The van der Waals surface area contributed by atoms with Crippen LogP contribution in [0.25, 0.3) is 11.0 Å². The number of aromatic nitrogens is 2. The van der Waals surface area contributed by atoms with Crippen LogP contribution in [0.2, 0.25) is 0 Å². The van der Waals surface area contributed by atoms with Gasteiger partial charge in [0.1, 0.15) is 11.6 Å². The number of hydrogen-bond donors (Lipinski definition) is 3. The summed E-state index contributed by atoms with van der Waals surface area (Å²) in [7, 11) is 0. The molecule has 0 aliphatic carbocycles. The van der Waals surface area contributed by atoms with E-state index < -0.39 is 17.7 Å². The van der Waals surface area contributed by atoms with Gasteiger partial charge in [-0.2, -0.15) is 0 Å². The maximum absolute atomic E-state index is 12.5. The van der Waals surface area contributed by atoms with Crippen LogP contribution in [0, 0.1) is 5.92 Å². The molecule has 0 saturated carbocycles. The number of aryl methyl sites for hydroxylation is 1. The Hall–Kier alpha value is -2.77. The molecular weight excluding hydrogens is 360 g/mol. The molecule has 2 aromatic rings. The molecule has 2 rings (SSSR count). The fourth-order valence-corrected chi connectivity index (χ4v) is 2.86. The molecule has 0 bridgehead atoms. The van der Waals surface area contributed by atoms with E-state index in [0.29, 0.717) is 19.5 Å². The fraction of sp³-hybridized carbons (Fsp3) is 0.550. The second-order valence-electron chi connectivity index (χ2n) is 8.11. The minimum absolute atomic E-state index is 0.0937. The number of alkyl carbamates (subject to hydrolysis) is 1. The number of aromatic amines is 1. The average molecular weight is 390 g/mol. The lowest BCUT2D eigenvalue weighted by molar-refractivity contribution is -0.124. The van der Waals surface area contributed by atoms with E-state index in [4.69, 9.17) is 4.74 Å². The molecule has 3 N–H and O–H groups in total. The topological polar surface area (TPSA) is 105 Å². The molecule has 1 aromatic heterocycles. The summed E-state index contributed by atoms with van der Waals surface area (Å²) < 4.78 is 6.88. The first-order chi connectivity index (χ1) is 13.1. The number of hydrogen-bond acceptors (Lipinski definition) is 4. The van der Waals surface area contributed by atoms with Gasteiger partial charge in [-0.25, -0.2) is 9.59 Å². The fourth-order valence-electron chi connectivity index (χ4n) is 2.86. The summed E-state index contributed by atoms with van der Waals surface area (Å²) in [5, 5.41) is 5.45. The number of nitrogens with one attached hydrogen (secondary N) is 3. The van der Waals surface area contributed by atoms with Crippen molar-refractivity contribution in [3.63, 3.8) is 0 Å². The first-order valence-corrected chi connectivity index (χ1v) is 9.53. The number of carbonyl (C=O) groups is 2. The van der Waals surface area contributed by atoms with Crippen molar-refractivity contribution in [1.82, 2.24) is 20.2 Å². The summed E-state index contributed by atoms with van der Waals surface area (Å²) in [6.07, 6.45) is -0.0308. The number of amides is 2. The molecule has 8 nitrogen and oxygen atoms in total. The largest absolute Gasteiger partial charge is 0.444 e. The zero-order valence-electron chi connectivity index (χ0n) is 17.2. The molecule has 0 saturated heterocycles. The van der Waals surface area contributed by atoms with Gasteiger partial charge in [0.25, 0.3) is 0 Å². The molecule has 1 aromatic carbocycles. The standard InChI is InChI=1S/C20H30N4O4/c1-13(2)16(23-19(27)28-20(3,4)5)17(25)21-11-8-12-24-15-10-7-6-9-14(15)22-18(24)26/h6-7,9-10,13,16H,8,11-12H2,1-5H3,(H,21,25)(H,22,26)(H,23,27). The van der Waals surface area contributed by atoms with Gasteiger partial charge in [-0.1, -0.05) is 26.0 Å². The van der Waals surface area contributed by atoms with Gasteiger partial charge >= 0.3 is 11.8 Å². The highest BCUT2D eigenvalue weighted by Crippen LogP contribution is 2.10. The predicted molar refractivity (Wildman–Crippen MR) is 108 cm³/mol. The molecular formula is C20H30N4O4. The quantitative estimate of drug-likeness (QED) is 0.631. The van der Waals surface area contributed by atoms with Gasteiger partial charge in [-0.05, 0) is 45.2 Å². The number of carbonyl (C=O) groups excluding carboxylic acids is 2. The highest BCUT2D eigenvalue weighted by molar-refractivity contribution is 5.85. The monoisotopic (exact) mass is 390 g/mol. The molecule has 1 unspecified atom stereocenters. The van der Waals surface area contributed by atoms with Gasteiger partial charge in [-0.15, -0.1) is 0 Å². The number of H-pyrrole nitrogens is 1. The van der Waals surface area contributed by atoms with E-state index in [2.05, 4.69) is 15.6 Å². The van der Waals surface area contributed by atoms with Gasteiger partial charge in [0.2, 0.25) is 5.91 Å². The van der Waals surface area contributed by atoms with Crippen molar-refractivity contribution in [3.8, 4) is 0 Å². The normalized spacial score (nSPS) is 12.8. The number of rotatable bonds is 7. The van der Waals surface area contributed by atoms with Crippen LogP contribution in [-0.4, -0.2) is 39.7 Å². The van der Waals surface area contributed by atoms with E-state index in [1.54, 1.807) is 25.3 Å². The number of benzene rings is 1. The van der Waals surface area contributed by atoms with Gasteiger partial charge in [0.05, 0.1) is 11.0 Å². The van der Waals surface area contributed by atoms with E-state index in [-0.39, 0.29) is 17.5 Å². The third-order valence-corrected chi connectivity index (χ3v) is 4.16. The van der Waals surface area contributed by atoms with E-state index in [0.717, 1.165) is 11.0 Å². The molecule has 2 amide bonds. The molecule has 1 atom stereocenters. The van der Waals surface area contributed by atoms with Crippen LogP contribution in [0.1, 0.15) is 41.0 Å². The first-order valence-electron chi connectivity index (χ1n) is 9.53. The molecule has 0 aliphatic heterocycles. The zero-order valence-corrected chi connectivity index (χ0v) is 17.2. The van der Waals surface area contributed by atoms with Gasteiger partial charge in [0.15, 0.2) is 0 Å². The maximum Gasteiger partial charge on any atom is 0.408 e. The molecule has 28 heavy (non-hydrogen) atoms. The van der Waals surface area contributed by atoms with Crippen molar-refractivity contribution in [2.45, 2.75) is 59.2 Å². The van der Waals surface area contributed by atoms with Crippen LogP contribution in [0.5, 0.6) is 0 Å². The first kappa shape index (κ1) is 21.5. The summed E-state index contributed by atoms with van der Waals surface area (Å²) in [5.41, 5.74) is 0.830. The Bertz CT molecular complexity index is 876. The van der Waals surface area contributed by atoms with E-state index in [1.165, 1.54) is 0 Å². The van der Waals surface area contributed by atoms with Crippen LogP contribution in [0.3, 0.4) is 0 Å². The number of para-hydroxylation sites is 2. The van der Waals surface area contributed by atoms with Gasteiger partial charge in [-0.3, -0.25) is 9.36 Å². The number of ether oxygens (including phenoxy) is 1. The van der Waals surface area contributed by atoms with Crippen molar-refractivity contribution < 1.29 is 14.3 Å². The van der Waals surface area contributed by atoms with Crippen molar-refractivity contribution in [1.29, 1.82) is 0 Å². The van der Waals surface area contributed by atoms with Gasteiger partial charge in [0, 0.05) is 13.1 Å². The van der Waals surface area contributed by atoms with Crippen molar-refractivity contribution in [2.75, 3.05) is 6.54 Å². The third kappa shape index (κ3) is 5.87. The summed E-state index contributed by atoms with van der Waals surface area (Å²) in [4.78, 5) is 39.3.